The Labute approximate surface area is 118 Å². The quantitative estimate of drug-likeness (QED) is 0.918. The molecule has 0 heterocycles. The molecule has 0 amide bonds. The molecular weight excluding hydrogens is 260 g/mol. The molecule has 1 atom stereocenters. The summed E-state index contributed by atoms with van der Waals surface area (Å²) >= 11 is 6.10. The summed E-state index contributed by atoms with van der Waals surface area (Å²) in [4.78, 5) is 0. The molecule has 0 aliphatic rings. The largest absolute Gasteiger partial charge is 0.384 e. The Morgan fingerprint density at radius 2 is 1.89 bits per heavy atom. The van der Waals surface area contributed by atoms with Gasteiger partial charge in [0.2, 0.25) is 0 Å². The van der Waals surface area contributed by atoms with Crippen molar-refractivity contribution < 1.29 is 9.84 Å². The number of aryl methyl sites for hydroxylation is 1. The first-order chi connectivity index (χ1) is 9.11. The minimum absolute atomic E-state index is 0.537. The molecule has 2 nitrogen and oxygen atoms in total. The van der Waals surface area contributed by atoms with Gasteiger partial charge < -0.3 is 9.84 Å². The highest BCUT2D eigenvalue weighted by Gasteiger charge is 2.12. The minimum Gasteiger partial charge on any atom is -0.384 e. The Balaban J connectivity index is 2.29. The van der Waals surface area contributed by atoms with Gasteiger partial charge in [-0.15, -0.1) is 0 Å². The second-order valence-electron chi connectivity index (χ2n) is 4.59. The van der Waals surface area contributed by atoms with E-state index >= 15 is 0 Å². The van der Waals surface area contributed by atoms with E-state index in [4.69, 9.17) is 16.3 Å². The third-order valence-electron chi connectivity index (χ3n) is 3.09. The number of aliphatic hydroxyl groups excluding tert-OH is 1. The lowest BCUT2D eigenvalue weighted by atomic mass is 9.99. The van der Waals surface area contributed by atoms with E-state index < -0.39 is 6.10 Å². The van der Waals surface area contributed by atoms with Crippen molar-refractivity contribution in [2.24, 2.45) is 0 Å². The Morgan fingerprint density at radius 1 is 1.16 bits per heavy atom. The van der Waals surface area contributed by atoms with Crippen molar-refractivity contribution >= 4 is 11.6 Å². The van der Waals surface area contributed by atoms with Crippen molar-refractivity contribution in [3.63, 3.8) is 0 Å². The van der Waals surface area contributed by atoms with Crippen LogP contribution < -0.4 is 0 Å². The molecule has 0 aliphatic heterocycles. The number of benzene rings is 2. The van der Waals surface area contributed by atoms with Crippen LogP contribution in [-0.2, 0) is 11.3 Å². The summed E-state index contributed by atoms with van der Waals surface area (Å²) in [5.74, 6) is 0. The maximum Gasteiger partial charge on any atom is 0.104 e. The molecule has 1 unspecified atom stereocenters. The summed E-state index contributed by atoms with van der Waals surface area (Å²) in [6.07, 6.45) is -0.671. The van der Waals surface area contributed by atoms with Crippen LogP contribution in [0.5, 0.6) is 0 Å². The maximum atomic E-state index is 10.4. The van der Waals surface area contributed by atoms with Gasteiger partial charge in [0.15, 0.2) is 0 Å². The second kappa shape index (κ2) is 6.20. The molecular formula is C16H17ClO2. The third kappa shape index (κ3) is 3.35. The molecule has 0 saturated carbocycles. The number of aliphatic hydroxyl groups is 1. The zero-order chi connectivity index (χ0) is 13.8. The van der Waals surface area contributed by atoms with Crippen LogP contribution in [-0.4, -0.2) is 12.2 Å². The Morgan fingerprint density at radius 3 is 2.58 bits per heavy atom. The SMILES string of the molecule is COCc1cccc(C(O)c2ccc(C)c(Cl)c2)c1. The zero-order valence-corrected chi connectivity index (χ0v) is 11.8. The van der Waals surface area contributed by atoms with Gasteiger partial charge in [0.1, 0.15) is 6.10 Å². The van der Waals surface area contributed by atoms with Gasteiger partial charge in [-0.1, -0.05) is 48.0 Å². The molecule has 0 radical (unpaired) electrons. The first-order valence-electron chi connectivity index (χ1n) is 6.13. The lowest BCUT2D eigenvalue weighted by molar-refractivity contribution is 0.184. The average Bonchev–Trinajstić information content (AvgIpc) is 2.42. The first kappa shape index (κ1) is 14.1. The lowest BCUT2D eigenvalue weighted by Gasteiger charge is -2.13. The fraction of sp³-hybridized carbons (Fsp3) is 0.250. The molecule has 19 heavy (non-hydrogen) atoms. The highest BCUT2D eigenvalue weighted by molar-refractivity contribution is 6.31. The molecule has 0 aromatic heterocycles. The third-order valence-corrected chi connectivity index (χ3v) is 3.50. The van der Waals surface area contributed by atoms with E-state index in [0.29, 0.717) is 11.6 Å². The number of hydrogen-bond acceptors (Lipinski definition) is 2. The Kier molecular flexibility index (Phi) is 4.59. The summed E-state index contributed by atoms with van der Waals surface area (Å²) in [5.41, 5.74) is 3.68. The molecule has 2 aromatic carbocycles. The fourth-order valence-corrected chi connectivity index (χ4v) is 2.18. The van der Waals surface area contributed by atoms with Crippen molar-refractivity contribution in [1.29, 1.82) is 0 Å². The van der Waals surface area contributed by atoms with E-state index in [2.05, 4.69) is 0 Å². The van der Waals surface area contributed by atoms with Crippen LogP contribution in [0.15, 0.2) is 42.5 Å². The van der Waals surface area contributed by atoms with Crippen LogP contribution in [0, 0.1) is 6.92 Å². The Hall–Kier alpha value is -1.35. The molecule has 100 valence electrons. The predicted molar refractivity (Wildman–Crippen MR) is 77.4 cm³/mol. The first-order valence-corrected chi connectivity index (χ1v) is 6.51. The summed E-state index contributed by atoms with van der Waals surface area (Å²) in [7, 11) is 1.66. The van der Waals surface area contributed by atoms with Gasteiger partial charge in [-0.25, -0.2) is 0 Å². The minimum atomic E-state index is -0.671. The van der Waals surface area contributed by atoms with Gasteiger partial charge in [-0.2, -0.15) is 0 Å². The molecule has 0 saturated heterocycles. The van der Waals surface area contributed by atoms with Crippen LogP contribution in [0.2, 0.25) is 5.02 Å². The molecule has 0 bridgehead atoms. The van der Waals surface area contributed by atoms with E-state index in [1.165, 1.54) is 0 Å². The number of halogens is 1. The average molecular weight is 277 g/mol. The summed E-state index contributed by atoms with van der Waals surface area (Å²) in [6, 6.07) is 13.4. The van der Waals surface area contributed by atoms with E-state index in [1.807, 2.05) is 49.4 Å². The predicted octanol–water partition coefficient (Wildman–Crippen LogP) is 3.88. The van der Waals surface area contributed by atoms with Crippen LogP contribution in [0.1, 0.15) is 28.4 Å². The molecule has 0 aliphatic carbocycles. The van der Waals surface area contributed by atoms with E-state index in [0.717, 1.165) is 22.3 Å². The van der Waals surface area contributed by atoms with E-state index in [9.17, 15) is 5.11 Å². The molecule has 2 rings (SSSR count). The topological polar surface area (TPSA) is 29.5 Å². The smallest absolute Gasteiger partial charge is 0.104 e. The molecule has 1 N–H and O–H groups in total. The van der Waals surface area contributed by atoms with Gasteiger partial charge in [0.25, 0.3) is 0 Å². The zero-order valence-electron chi connectivity index (χ0n) is 11.1. The van der Waals surface area contributed by atoms with Crippen LogP contribution >= 0.6 is 11.6 Å². The second-order valence-corrected chi connectivity index (χ2v) is 5.00. The highest BCUT2D eigenvalue weighted by atomic mass is 35.5. The van der Waals surface area contributed by atoms with Crippen LogP contribution in [0.25, 0.3) is 0 Å². The van der Waals surface area contributed by atoms with Crippen LogP contribution in [0.4, 0.5) is 0 Å². The number of rotatable bonds is 4. The molecule has 2 aromatic rings. The number of ether oxygens (including phenoxy) is 1. The molecule has 0 spiro atoms. The molecule has 0 fully saturated rings. The van der Waals surface area contributed by atoms with Gasteiger partial charge >= 0.3 is 0 Å². The van der Waals surface area contributed by atoms with Gasteiger partial charge in [-0.3, -0.25) is 0 Å². The van der Waals surface area contributed by atoms with Crippen LogP contribution in [0.3, 0.4) is 0 Å². The number of methoxy groups -OCH3 is 1. The highest BCUT2D eigenvalue weighted by Crippen LogP contribution is 2.26. The Bertz CT molecular complexity index is 566. The summed E-state index contributed by atoms with van der Waals surface area (Å²) in [6.45, 7) is 2.48. The van der Waals surface area contributed by atoms with E-state index in [-0.39, 0.29) is 0 Å². The number of hydrogen-bond donors (Lipinski definition) is 1. The normalized spacial score (nSPS) is 12.4. The van der Waals surface area contributed by atoms with Gasteiger partial charge in [-0.05, 0) is 35.2 Å². The maximum absolute atomic E-state index is 10.4. The van der Waals surface area contributed by atoms with Crippen molar-refractivity contribution in [2.45, 2.75) is 19.6 Å². The molecule has 3 heteroatoms. The van der Waals surface area contributed by atoms with Crippen molar-refractivity contribution in [3.8, 4) is 0 Å². The summed E-state index contributed by atoms with van der Waals surface area (Å²) < 4.78 is 5.10. The standard InChI is InChI=1S/C16H17ClO2/c1-11-6-7-14(9-15(11)17)16(18)13-5-3-4-12(8-13)10-19-2/h3-9,16,18H,10H2,1-2H3. The van der Waals surface area contributed by atoms with Gasteiger partial charge in [0.05, 0.1) is 6.61 Å². The summed E-state index contributed by atoms with van der Waals surface area (Å²) in [5, 5.41) is 11.1. The van der Waals surface area contributed by atoms with Crippen molar-refractivity contribution in [2.75, 3.05) is 7.11 Å². The monoisotopic (exact) mass is 276 g/mol. The lowest BCUT2D eigenvalue weighted by Crippen LogP contribution is -2.01. The van der Waals surface area contributed by atoms with Gasteiger partial charge in [0, 0.05) is 12.1 Å². The van der Waals surface area contributed by atoms with Crippen molar-refractivity contribution in [1.82, 2.24) is 0 Å². The fourth-order valence-electron chi connectivity index (χ4n) is 1.99. The van der Waals surface area contributed by atoms with Crippen molar-refractivity contribution in [3.05, 3.63) is 69.7 Å². The van der Waals surface area contributed by atoms with E-state index in [1.54, 1.807) is 7.11 Å².